The third kappa shape index (κ3) is 4.42. The van der Waals surface area contributed by atoms with Gasteiger partial charge < -0.3 is 10.1 Å². The van der Waals surface area contributed by atoms with Crippen molar-refractivity contribution in [1.82, 2.24) is 19.5 Å². The molecule has 4 rings (SSSR count). The molecule has 0 spiro atoms. The zero-order valence-electron chi connectivity index (χ0n) is 17.9. The molecular weight excluding hydrogens is 414 g/mol. The van der Waals surface area contributed by atoms with E-state index in [9.17, 15) is 8.42 Å². The monoisotopic (exact) mass is 441 g/mol. The van der Waals surface area contributed by atoms with Gasteiger partial charge in [0, 0.05) is 24.8 Å². The topological polar surface area (TPSA) is 98.1 Å². The largest absolute Gasteiger partial charge is 0.424 e. The van der Waals surface area contributed by atoms with Gasteiger partial charge in [-0.05, 0) is 56.0 Å². The molecule has 1 aliphatic rings. The lowest BCUT2D eigenvalue weighted by atomic mass is 10.2. The minimum absolute atomic E-state index is 0.223. The van der Waals surface area contributed by atoms with Gasteiger partial charge in [0.25, 0.3) is 0 Å². The van der Waals surface area contributed by atoms with Crippen molar-refractivity contribution in [1.29, 1.82) is 0 Å². The fourth-order valence-corrected chi connectivity index (χ4v) is 4.89. The number of aromatic nitrogens is 3. The Morgan fingerprint density at radius 2 is 1.94 bits per heavy atom. The molecule has 2 heterocycles. The average molecular weight is 442 g/mol. The normalized spacial score (nSPS) is 14.2. The number of sulfonamides is 1. The van der Waals surface area contributed by atoms with Crippen molar-refractivity contribution in [2.45, 2.75) is 51.1 Å². The smallest absolute Gasteiger partial charge is 0.322 e. The molecular formula is C22H27N5O3S. The molecule has 8 nitrogen and oxygen atoms in total. The van der Waals surface area contributed by atoms with Gasteiger partial charge in [-0.3, -0.25) is 4.57 Å². The number of ether oxygens (including phenoxy) is 1. The zero-order valence-corrected chi connectivity index (χ0v) is 18.7. The summed E-state index contributed by atoms with van der Waals surface area (Å²) in [6.45, 7) is 7.18. The molecule has 2 aromatic carbocycles. The van der Waals surface area contributed by atoms with Crippen LogP contribution in [0.1, 0.15) is 43.8 Å². The molecule has 31 heavy (non-hydrogen) atoms. The number of rotatable bonds is 8. The van der Waals surface area contributed by atoms with Crippen LogP contribution in [-0.4, -0.2) is 29.7 Å². The summed E-state index contributed by atoms with van der Waals surface area (Å²) in [6, 6.07) is 12.5. The summed E-state index contributed by atoms with van der Waals surface area (Å²) in [5, 5.41) is 11.7. The SMILES string of the molecule is CCc1ccc(S(=O)(=O)N[C@H](C)c2nnc(Oc3ccc4c(c3)NCC4)n2CC)cc1. The maximum absolute atomic E-state index is 12.8. The fourth-order valence-electron chi connectivity index (χ4n) is 3.69. The number of benzene rings is 2. The molecule has 0 saturated carbocycles. The number of hydrogen-bond acceptors (Lipinski definition) is 6. The number of fused-ring (bicyclic) bond motifs is 1. The summed E-state index contributed by atoms with van der Waals surface area (Å²) in [5.41, 5.74) is 3.41. The number of aryl methyl sites for hydroxylation is 1. The van der Waals surface area contributed by atoms with Gasteiger partial charge in [-0.2, -0.15) is 0 Å². The Morgan fingerprint density at radius 1 is 1.16 bits per heavy atom. The predicted octanol–water partition coefficient (Wildman–Crippen LogP) is 3.66. The standard InChI is InChI=1S/C22H27N5O3S/c1-4-16-6-10-19(11-7-16)31(28,29)26-15(3)21-24-25-22(27(21)5-2)30-18-9-8-17-12-13-23-20(17)14-18/h6-11,14-15,23,26H,4-5,12-13H2,1-3H3/t15-/m1/s1. The minimum atomic E-state index is -3.69. The molecule has 9 heteroatoms. The van der Waals surface area contributed by atoms with Gasteiger partial charge in [0.1, 0.15) is 5.75 Å². The Kier molecular flexibility index (Phi) is 5.97. The highest BCUT2D eigenvalue weighted by molar-refractivity contribution is 7.89. The van der Waals surface area contributed by atoms with Crippen molar-refractivity contribution < 1.29 is 13.2 Å². The Bertz CT molecular complexity index is 1170. The van der Waals surface area contributed by atoms with Crippen molar-refractivity contribution in [2.75, 3.05) is 11.9 Å². The lowest BCUT2D eigenvalue weighted by molar-refractivity contribution is 0.408. The Morgan fingerprint density at radius 3 is 2.65 bits per heavy atom. The molecule has 164 valence electrons. The molecule has 0 bridgehead atoms. The number of anilines is 1. The van der Waals surface area contributed by atoms with Crippen molar-refractivity contribution in [3.8, 4) is 11.8 Å². The van der Waals surface area contributed by atoms with E-state index in [4.69, 9.17) is 4.74 Å². The molecule has 1 atom stereocenters. The lowest BCUT2D eigenvalue weighted by Gasteiger charge is -2.15. The molecule has 0 fully saturated rings. The van der Waals surface area contributed by atoms with E-state index in [1.807, 2.05) is 44.2 Å². The molecule has 0 unspecified atom stereocenters. The van der Waals surface area contributed by atoms with Crippen LogP contribution in [0.2, 0.25) is 0 Å². The average Bonchev–Trinajstić information content (AvgIpc) is 3.39. The van der Waals surface area contributed by atoms with Gasteiger partial charge in [-0.1, -0.05) is 30.2 Å². The molecule has 0 radical (unpaired) electrons. The highest BCUT2D eigenvalue weighted by Crippen LogP contribution is 2.30. The van der Waals surface area contributed by atoms with Gasteiger partial charge in [0.15, 0.2) is 5.82 Å². The quantitative estimate of drug-likeness (QED) is 0.554. The van der Waals surface area contributed by atoms with E-state index in [0.717, 1.165) is 30.6 Å². The van der Waals surface area contributed by atoms with E-state index in [-0.39, 0.29) is 4.90 Å². The van der Waals surface area contributed by atoms with Crippen molar-refractivity contribution >= 4 is 15.7 Å². The van der Waals surface area contributed by atoms with Crippen LogP contribution < -0.4 is 14.8 Å². The fraction of sp³-hybridized carbons (Fsp3) is 0.364. The first-order chi connectivity index (χ1) is 14.9. The van der Waals surface area contributed by atoms with Gasteiger partial charge >= 0.3 is 6.01 Å². The number of hydrogen-bond donors (Lipinski definition) is 2. The van der Waals surface area contributed by atoms with E-state index >= 15 is 0 Å². The second kappa shape index (κ2) is 8.68. The highest BCUT2D eigenvalue weighted by Gasteiger charge is 2.24. The third-order valence-corrected chi connectivity index (χ3v) is 6.98. The van der Waals surface area contributed by atoms with Crippen molar-refractivity contribution in [3.05, 3.63) is 59.4 Å². The molecule has 3 aromatic rings. The van der Waals surface area contributed by atoms with Crippen LogP contribution in [-0.2, 0) is 29.4 Å². The zero-order chi connectivity index (χ0) is 22.0. The van der Waals surface area contributed by atoms with Crippen LogP contribution >= 0.6 is 0 Å². The minimum Gasteiger partial charge on any atom is -0.424 e. The van der Waals surface area contributed by atoms with Crippen LogP contribution in [0.25, 0.3) is 0 Å². The summed E-state index contributed by atoms with van der Waals surface area (Å²) in [5.74, 6) is 1.15. The van der Waals surface area contributed by atoms with E-state index in [2.05, 4.69) is 20.2 Å². The van der Waals surface area contributed by atoms with Gasteiger partial charge in [-0.15, -0.1) is 5.10 Å². The highest BCUT2D eigenvalue weighted by atomic mass is 32.2. The van der Waals surface area contributed by atoms with Crippen LogP contribution in [0.15, 0.2) is 47.4 Å². The van der Waals surface area contributed by atoms with E-state index in [1.165, 1.54) is 5.56 Å². The first kappa shape index (κ1) is 21.3. The Labute approximate surface area is 182 Å². The molecule has 0 aliphatic carbocycles. The summed E-state index contributed by atoms with van der Waals surface area (Å²) >= 11 is 0. The maximum atomic E-state index is 12.8. The second-order valence-electron chi connectivity index (χ2n) is 7.52. The van der Waals surface area contributed by atoms with Crippen molar-refractivity contribution in [2.24, 2.45) is 0 Å². The van der Waals surface area contributed by atoms with Crippen LogP contribution in [0.3, 0.4) is 0 Å². The summed E-state index contributed by atoms with van der Waals surface area (Å²) < 4.78 is 36.1. The Hall–Kier alpha value is -2.91. The maximum Gasteiger partial charge on any atom is 0.322 e. The Balaban J connectivity index is 1.53. The molecule has 2 N–H and O–H groups in total. The van der Waals surface area contributed by atoms with E-state index in [0.29, 0.717) is 24.1 Å². The third-order valence-electron chi connectivity index (χ3n) is 5.42. The van der Waals surface area contributed by atoms with Gasteiger partial charge in [0.2, 0.25) is 10.0 Å². The first-order valence-corrected chi connectivity index (χ1v) is 12.0. The second-order valence-corrected chi connectivity index (χ2v) is 9.24. The lowest BCUT2D eigenvalue weighted by Crippen LogP contribution is -2.29. The van der Waals surface area contributed by atoms with Crippen molar-refractivity contribution in [3.63, 3.8) is 0 Å². The number of nitrogens with zero attached hydrogens (tertiary/aromatic N) is 3. The van der Waals surface area contributed by atoms with Crippen LogP contribution in [0.5, 0.6) is 11.8 Å². The van der Waals surface area contributed by atoms with E-state index < -0.39 is 16.1 Å². The van der Waals surface area contributed by atoms with Gasteiger partial charge in [-0.25, -0.2) is 13.1 Å². The molecule has 0 saturated heterocycles. The molecule has 1 aliphatic heterocycles. The van der Waals surface area contributed by atoms with Crippen LogP contribution in [0, 0.1) is 0 Å². The summed E-state index contributed by atoms with van der Waals surface area (Å²) in [4.78, 5) is 0.223. The first-order valence-electron chi connectivity index (χ1n) is 10.5. The molecule has 0 amide bonds. The predicted molar refractivity (Wildman–Crippen MR) is 119 cm³/mol. The molecule has 1 aromatic heterocycles. The summed E-state index contributed by atoms with van der Waals surface area (Å²) in [6.07, 6.45) is 1.86. The van der Waals surface area contributed by atoms with Gasteiger partial charge in [0.05, 0.1) is 10.9 Å². The van der Waals surface area contributed by atoms with Crippen LogP contribution in [0.4, 0.5) is 5.69 Å². The summed E-state index contributed by atoms with van der Waals surface area (Å²) in [7, 11) is -3.69. The van der Waals surface area contributed by atoms with E-state index in [1.54, 1.807) is 23.6 Å². The number of nitrogens with one attached hydrogen (secondary N) is 2.